The molecule has 0 amide bonds. The van der Waals surface area contributed by atoms with Gasteiger partial charge in [0.05, 0.1) is 5.92 Å². The number of hydrogen-bond acceptors (Lipinski definition) is 2. The molecule has 1 N–H and O–H groups in total. The second-order valence-electron chi connectivity index (χ2n) is 3.09. The van der Waals surface area contributed by atoms with Gasteiger partial charge in [0.25, 0.3) is 0 Å². The molecule has 0 heterocycles. The first kappa shape index (κ1) is 8.24. The van der Waals surface area contributed by atoms with Gasteiger partial charge in [0.1, 0.15) is 5.78 Å². The van der Waals surface area contributed by atoms with Crippen molar-refractivity contribution in [3.05, 3.63) is 0 Å². The molecule has 0 aliphatic heterocycles. The van der Waals surface area contributed by atoms with Gasteiger partial charge in [0.2, 0.25) is 0 Å². The van der Waals surface area contributed by atoms with E-state index in [1.807, 2.05) is 0 Å². The van der Waals surface area contributed by atoms with E-state index in [4.69, 9.17) is 5.11 Å². The van der Waals surface area contributed by atoms with Gasteiger partial charge in [-0.05, 0) is 19.8 Å². The molecule has 11 heavy (non-hydrogen) atoms. The zero-order valence-electron chi connectivity index (χ0n) is 6.54. The minimum Gasteiger partial charge on any atom is -0.481 e. The number of carboxylic acid groups (broad SMARTS) is 1. The normalized spacial score (nSPS) is 30.3. The number of ketones is 1. The van der Waals surface area contributed by atoms with Crippen molar-refractivity contribution in [1.82, 2.24) is 0 Å². The zero-order chi connectivity index (χ0) is 8.43. The van der Waals surface area contributed by atoms with E-state index in [0.717, 1.165) is 12.8 Å². The maximum absolute atomic E-state index is 10.9. The van der Waals surface area contributed by atoms with Crippen molar-refractivity contribution in [2.24, 2.45) is 11.8 Å². The van der Waals surface area contributed by atoms with E-state index < -0.39 is 11.9 Å². The van der Waals surface area contributed by atoms with Gasteiger partial charge in [-0.25, -0.2) is 0 Å². The standard InChI is InChI=1S/C8H12O3/c1-5(9)6-3-2-4-7(6)8(10)11/h6-7H,2-4H2,1H3,(H,10,11)/t6-,7-/m0/s1. The largest absolute Gasteiger partial charge is 0.481 e. The molecule has 1 saturated carbocycles. The molecular formula is C8H12O3. The molecule has 0 aromatic rings. The van der Waals surface area contributed by atoms with Crippen LogP contribution >= 0.6 is 0 Å². The Morgan fingerprint density at radius 2 is 1.82 bits per heavy atom. The third-order valence-electron chi connectivity index (χ3n) is 2.36. The Morgan fingerprint density at radius 1 is 1.27 bits per heavy atom. The van der Waals surface area contributed by atoms with E-state index in [9.17, 15) is 9.59 Å². The summed E-state index contributed by atoms with van der Waals surface area (Å²) in [7, 11) is 0. The summed E-state index contributed by atoms with van der Waals surface area (Å²) in [5.41, 5.74) is 0. The highest BCUT2D eigenvalue weighted by Crippen LogP contribution is 2.32. The molecule has 0 aromatic carbocycles. The zero-order valence-corrected chi connectivity index (χ0v) is 6.54. The second-order valence-corrected chi connectivity index (χ2v) is 3.09. The third-order valence-corrected chi connectivity index (χ3v) is 2.36. The minimum atomic E-state index is -0.817. The van der Waals surface area contributed by atoms with Crippen LogP contribution in [0.3, 0.4) is 0 Å². The van der Waals surface area contributed by atoms with Crippen LogP contribution in [0.5, 0.6) is 0 Å². The van der Waals surface area contributed by atoms with Gasteiger partial charge in [-0.15, -0.1) is 0 Å². The Balaban J connectivity index is 2.65. The van der Waals surface area contributed by atoms with Crippen LogP contribution in [0.15, 0.2) is 0 Å². The molecule has 1 aliphatic carbocycles. The first-order chi connectivity index (χ1) is 5.13. The van der Waals surface area contributed by atoms with Crippen molar-refractivity contribution in [1.29, 1.82) is 0 Å². The number of rotatable bonds is 2. The summed E-state index contributed by atoms with van der Waals surface area (Å²) in [6.07, 6.45) is 2.30. The van der Waals surface area contributed by atoms with Crippen LogP contribution in [-0.2, 0) is 9.59 Å². The average molecular weight is 156 g/mol. The number of carbonyl (C=O) groups excluding carboxylic acids is 1. The lowest BCUT2D eigenvalue weighted by Gasteiger charge is -2.10. The molecule has 1 aliphatic rings. The molecule has 0 unspecified atom stereocenters. The van der Waals surface area contributed by atoms with Crippen molar-refractivity contribution in [3.8, 4) is 0 Å². The van der Waals surface area contributed by atoms with Crippen LogP contribution in [0.25, 0.3) is 0 Å². The first-order valence-corrected chi connectivity index (χ1v) is 3.86. The Kier molecular flexibility index (Phi) is 2.27. The van der Waals surface area contributed by atoms with E-state index in [1.54, 1.807) is 0 Å². The van der Waals surface area contributed by atoms with Crippen molar-refractivity contribution < 1.29 is 14.7 Å². The van der Waals surface area contributed by atoms with E-state index in [-0.39, 0.29) is 11.7 Å². The lowest BCUT2D eigenvalue weighted by molar-refractivity contribution is -0.145. The maximum atomic E-state index is 10.9. The van der Waals surface area contributed by atoms with Crippen LogP contribution in [0, 0.1) is 11.8 Å². The number of aliphatic carboxylic acids is 1. The molecule has 2 atom stereocenters. The average Bonchev–Trinajstić information content (AvgIpc) is 2.32. The summed E-state index contributed by atoms with van der Waals surface area (Å²) in [5, 5.41) is 8.68. The van der Waals surface area contributed by atoms with Crippen LogP contribution in [0.4, 0.5) is 0 Å². The third kappa shape index (κ3) is 1.59. The molecule has 0 aromatic heterocycles. The van der Waals surface area contributed by atoms with Crippen LogP contribution in [0.2, 0.25) is 0 Å². The lowest BCUT2D eigenvalue weighted by Crippen LogP contribution is -2.23. The number of carbonyl (C=O) groups is 2. The molecule has 0 radical (unpaired) electrons. The number of carboxylic acids is 1. The number of hydrogen-bond donors (Lipinski definition) is 1. The van der Waals surface area contributed by atoms with Crippen molar-refractivity contribution >= 4 is 11.8 Å². The van der Waals surface area contributed by atoms with Gasteiger partial charge in [0.15, 0.2) is 0 Å². The summed E-state index contributed by atoms with van der Waals surface area (Å²) < 4.78 is 0. The van der Waals surface area contributed by atoms with Crippen LogP contribution in [0.1, 0.15) is 26.2 Å². The predicted molar refractivity (Wildman–Crippen MR) is 39.1 cm³/mol. The second kappa shape index (κ2) is 3.03. The summed E-state index contributed by atoms with van der Waals surface area (Å²) in [6.45, 7) is 1.48. The Labute approximate surface area is 65.4 Å². The monoisotopic (exact) mass is 156 g/mol. The molecule has 0 saturated heterocycles. The highest BCUT2D eigenvalue weighted by molar-refractivity contribution is 5.84. The fourth-order valence-corrected chi connectivity index (χ4v) is 1.74. The molecule has 62 valence electrons. The smallest absolute Gasteiger partial charge is 0.307 e. The fraction of sp³-hybridized carbons (Fsp3) is 0.750. The van der Waals surface area contributed by atoms with Gasteiger partial charge in [-0.2, -0.15) is 0 Å². The highest BCUT2D eigenvalue weighted by atomic mass is 16.4. The molecule has 0 bridgehead atoms. The van der Waals surface area contributed by atoms with Gasteiger partial charge in [-0.1, -0.05) is 6.42 Å². The molecule has 3 nitrogen and oxygen atoms in total. The molecule has 1 fully saturated rings. The van der Waals surface area contributed by atoms with Gasteiger partial charge in [-0.3, -0.25) is 9.59 Å². The quantitative estimate of drug-likeness (QED) is 0.650. The van der Waals surface area contributed by atoms with E-state index in [0.29, 0.717) is 6.42 Å². The molecule has 1 rings (SSSR count). The Bertz CT molecular complexity index is 166. The predicted octanol–water partition coefficient (Wildman–Crippen LogP) is 1.08. The van der Waals surface area contributed by atoms with E-state index >= 15 is 0 Å². The van der Waals surface area contributed by atoms with Gasteiger partial charge in [0, 0.05) is 5.92 Å². The summed E-state index contributed by atoms with van der Waals surface area (Å²) in [4.78, 5) is 21.5. The maximum Gasteiger partial charge on any atom is 0.307 e. The topological polar surface area (TPSA) is 54.4 Å². The van der Waals surface area contributed by atoms with Gasteiger partial charge >= 0.3 is 5.97 Å². The number of Topliss-reactive ketones (excluding diaryl/α,β-unsaturated/α-hetero) is 1. The Hall–Kier alpha value is -0.860. The lowest BCUT2D eigenvalue weighted by atomic mass is 9.93. The SMILES string of the molecule is CC(=O)[C@@H]1CCC[C@@H]1C(=O)O. The fourth-order valence-electron chi connectivity index (χ4n) is 1.74. The van der Waals surface area contributed by atoms with E-state index in [1.165, 1.54) is 6.92 Å². The minimum absolute atomic E-state index is 0.0231. The van der Waals surface area contributed by atoms with Crippen LogP contribution < -0.4 is 0 Å². The van der Waals surface area contributed by atoms with Gasteiger partial charge < -0.3 is 5.11 Å². The first-order valence-electron chi connectivity index (χ1n) is 3.86. The summed E-state index contributed by atoms with van der Waals surface area (Å²) >= 11 is 0. The van der Waals surface area contributed by atoms with Crippen molar-refractivity contribution in [3.63, 3.8) is 0 Å². The molecule has 0 spiro atoms. The van der Waals surface area contributed by atoms with Crippen LogP contribution in [-0.4, -0.2) is 16.9 Å². The molecular weight excluding hydrogens is 144 g/mol. The highest BCUT2D eigenvalue weighted by Gasteiger charge is 2.35. The summed E-state index contributed by atoms with van der Waals surface area (Å²) in [6, 6.07) is 0. The van der Waals surface area contributed by atoms with Crippen molar-refractivity contribution in [2.45, 2.75) is 26.2 Å². The summed E-state index contributed by atoms with van der Waals surface area (Å²) in [5.74, 6) is -1.42. The Morgan fingerprint density at radius 3 is 2.18 bits per heavy atom. The molecule has 3 heteroatoms. The van der Waals surface area contributed by atoms with Crippen molar-refractivity contribution in [2.75, 3.05) is 0 Å². The van der Waals surface area contributed by atoms with E-state index in [2.05, 4.69) is 0 Å².